The number of benzene rings is 1. The van der Waals surface area contributed by atoms with Crippen molar-refractivity contribution >= 4 is 20.6 Å². The molecule has 7 heteroatoms. The third-order valence-electron chi connectivity index (χ3n) is 4.27. The van der Waals surface area contributed by atoms with Crippen LogP contribution in [0.4, 0.5) is 0 Å². The maximum atomic E-state index is 12.9. The molecular formula is C20H23N3O3S. The minimum Gasteiger partial charge on any atom is -0.488 e. The van der Waals surface area contributed by atoms with Crippen LogP contribution >= 0.6 is 0 Å². The van der Waals surface area contributed by atoms with Crippen molar-refractivity contribution in [3.8, 4) is 11.6 Å². The molecule has 0 radical (unpaired) electrons. The summed E-state index contributed by atoms with van der Waals surface area (Å²) in [7, 11) is -1.36. The fraction of sp³-hybridized carbons (Fsp3) is 0.300. The molecule has 0 bridgehead atoms. The third kappa shape index (κ3) is 3.73. The molecule has 0 saturated heterocycles. The molecule has 2 aromatic heterocycles. The number of rotatable bonds is 5. The maximum Gasteiger partial charge on any atom is 0.240 e. The minimum absolute atomic E-state index is 0.289. The Bertz CT molecular complexity index is 1070. The summed E-state index contributed by atoms with van der Waals surface area (Å²) in [5, 5.41) is 0.805. The SMILES string of the molecule is COc1nccc2c(OCc3cccc([S@@](=N)(=O)C(C)(C)C)c3)ccnc12. The molecule has 1 N–H and O–H groups in total. The molecule has 27 heavy (non-hydrogen) atoms. The monoisotopic (exact) mass is 385 g/mol. The average Bonchev–Trinajstić information content (AvgIpc) is 2.65. The van der Waals surface area contributed by atoms with Gasteiger partial charge >= 0.3 is 0 Å². The van der Waals surface area contributed by atoms with Crippen molar-refractivity contribution in [2.45, 2.75) is 37.0 Å². The average molecular weight is 385 g/mol. The number of aromatic nitrogens is 2. The van der Waals surface area contributed by atoms with Crippen molar-refractivity contribution in [3.63, 3.8) is 0 Å². The van der Waals surface area contributed by atoms with Gasteiger partial charge in [-0.05, 0) is 50.6 Å². The van der Waals surface area contributed by atoms with E-state index in [2.05, 4.69) is 9.97 Å². The second-order valence-corrected chi connectivity index (χ2v) is 9.94. The second-order valence-electron chi connectivity index (χ2n) is 7.13. The van der Waals surface area contributed by atoms with Gasteiger partial charge in [0.1, 0.15) is 17.9 Å². The lowest BCUT2D eigenvalue weighted by atomic mass is 10.2. The van der Waals surface area contributed by atoms with Crippen LogP contribution in [0.15, 0.2) is 53.7 Å². The smallest absolute Gasteiger partial charge is 0.240 e. The molecule has 0 saturated carbocycles. The summed E-state index contributed by atoms with van der Waals surface area (Å²) in [6.45, 7) is 5.74. The second kappa shape index (κ2) is 7.15. The molecule has 2 heterocycles. The first-order valence-corrected chi connectivity index (χ1v) is 10.1. The van der Waals surface area contributed by atoms with Crippen LogP contribution in [0.3, 0.4) is 0 Å². The largest absolute Gasteiger partial charge is 0.488 e. The summed E-state index contributed by atoms with van der Waals surface area (Å²) >= 11 is 0. The number of nitrogens with zero attached hydrogens (tertiary/aromatic N) is 2. The quantitative estimate of drug-likeness (QED) is 0.702. The van der Waals surface area contributed by atoms with Crippen LogP contribution < -0.4 is 9.47 Å². The van der Waals surface area contributed by atoms with Gasteiger partial charge in [0.05, 0.1) is 16.8 Å². The number of methoxy groups -OCH3 is 1. The standard InChI is InChI=1S/C20H23N3O3S/c1-20(2,3)27(21,24)15-7-5-6-14(12-15)13-26-17-9-11-22-18-16(17)8-10-23-19(18)25-4/h5-12,21H,13H2,1-4H3/t27-/m1/s1. The highest BCUT2D eigenvalue weighted by Crippen LogP contribution is 2.30. The van der Waals surface area contributed by atoms with Gasteiger partial charge in [0.2, 0.25) is 5.88 Å². The Hall–Kier alpha value is -2.67. The van der Waals surface area contributed by atoms with Crippen LogP contribution in [0.1, 0.15) is 26.3 Å². The van der Waals surface area contributed by atoms with E-state index in [4.69, 9.17) is 14.3 Å². The summed E-state index contributed by atoms with van der Waals surface area (Å²) in [6, 6.07) is 10.8. The molecule has 3 rings (SSSR count). The Labute approximate surface area is 159 Å². The molecule has 6 nitrogen and oxygen atoms in total. The summed E-state index contributed by atoms with van der Waals surface area (Å²) in [5.41, 5.74) is 1.48. The lowest BCUT2D eigenvalue weighted by molar-refractivity contribution is 0.309. The Balaban J connectivity index is 1.89. The number of ether oxygens (including phenoxy) is 2. The van der Waals surface area contributed by atoms with Gasteiger partial charge in [-0.3, -0.25) is 4.98 Å². The zero-order valence-corrected chi connectivity index (χ0v) is 16.7. The first kappa shape index (κ1) is 19.1. The summed E-state index contributed by atoms with van der Waals surface area (Å²) in [4.78, 5) is 8.98. The van der Waals surface area contributed by atoms with Crippen molar-refractivity contribution in [3.05, 3.63) is 54.4 Å². The van der Waals surface area contributed by atoms with Gasteiger partial charge in [0.25, 0.3) is 0 Å². The maximum absolute atomic E-state index is 12.9. The van der Waals surface area contributed by atoms with E-state index in [0.717, 1.165) is 10.9 Å². The highest BCUT2D eigenvalue weighted by Gasteiger charge is 2.27. The molecule has 0 aliphatic rings. The van der Waals surface area contributed by atoms with Crippen LogP contribution in [0.2, 0.25) is 0 Å². The Kier molecular flexibility index (Phi) is 5.06. The molecule has 0 fully saturated rings. The van der Waals surface area contributed by atoms with Crippen molar-refractivity contribution in [1.82, 2.24) is 9.97 Å². The molecule has 3 aromatic rings. The van der Waals surface area contributed by atoms with Crippen LogP contribution in [-0.2, 0) is 16.3 Å². The number of nitrogens with one attached hydrogen (secondary N) is 1. The Morgan fingerprint density at radius 1 is 1.11 bits per heavy atom. The fourth-order valence-electron chi connectivity index (χ4n) is 2.63. The highest BCUT2D eigenvalue weighted by atomic mass is 32.2. The molecule has 1 atom stereocenters. The van der Waals surface area contributed by atoms with Crippen LogP contribution in [0.5, 0.6) is 11.6 Å². The van der Waals surface area contributed by atoms with Gasteiger partial charge in [-0.2, -0.15) is 0 Å². The van der Waals surface area contributed by atoms with E-state index in [1.165, 1.54) is 0 Å². The van der Waals surface area contributed by atoms with Gasteiger partial charge in [0, 0.05) is 27.4 Å². The van der Waals surface area contributed by atoms with Crippen molar-refractivity contribution in [2.75, 3.05) is 7.11 Å². The topological polar surface area (TPSA) is 85.2 Å². The molecule has 0 unspecified atom stereocenters. The molecule has 0 spiro atoms. The van der Waals surface area contributed by atoms with Gasteiger partial charge in [0.15, 0.2) is 0 Å². The van der Waals surface area contributed by atoms with E-state index in [1.54, 1.807) is 37.7 Å². The zero-order valence-electron chi connectivity index (χ0n) is 15.9. The van der Waals surface area contributed by atoms with Crippen LogP contribution in [-0.4, -0.2) is 26.0 Å². The molecule has 0 aliphatic heterocycles. The van der Waals surface area contributed by atoms with Gasteiger partial charge < -0.3 is 9.47 Å². The summed E-state index contributed by atoms with van der Waals surface area (Å²) in [6.07, 6.45) is 3.30. The predicted octanol–water partition coefficient (Wildman–Crippen LogP) is 4.42. The zero-order chi connectivity index (χ0) is 19.7. The van der Waals surface area contributed by atoms with Crippen molar-refractivity contribution < 1.29 is 13.7 Å². The first-order chi connectivity index (χ1) is 12.7. The molecule has 0 amide bonds. The van der Waals surface area contributed by atoms with E-state index >= 15 is 0 Å². The fourth-order valence-corrected chi connectivity index (χ4v) is 3.93. The Morgan fingerprint density at radius 3 is 2.56 bits per heavy atom. The van der Waals surface area contributed by atoms with Crippen LogP contribution in [0, 0.1) is 4.78 Å². The Morgan fingerprint density at radius 2 is 1.85 bits per heavy atom. The highest BCUT2D eigenvalue weighted by molar-refractivity contribution is 7.93. The predicted molar refractivity (Wildman–Crippen MR) is 106 cm³/mol. The van der Waals surface area contributed by atoms with Crippen LogP contribution in [0.25, 0.3) is 10.9 Å². The van der Waals surface area contributed by atoms with Crippen molar-refractivity contribution in [2.24, 2.45) is 0 Å². The minimum atomic E-state index is -2.92. The third-order valence-corrected chi connectivity index (χ3v) is 6.91. The normalized spacial score (nSPS) is 13.9. The molecule has 142 valence electrons. The van der Waals surface area contributed by atoms with Gasteiger partial charge in [-0.1, -0.05) is 12.1 Å². The number of fused-ring (bicyclic) bond motifs is 1. The van der Waals surface area contributed by atoms with E-state index in [-0.39, 0.29) is 6.61 Å². The van der Waals surface area contributed by atoms with Gasteiger partial charge in [-0.25, -0.2) is 14.0 Å². The van der Waals surface area contributed by atoms with E-state index in [9.17, 15) is 4.21 Å². The van der Waals surface area contributed by atoms with Gasteiger partial charge in [-0.15, -0.1) is 0 Å². The lowest BCUT2D eigenvalue weighted by Gasteiger charge is -2.23. The number of pyridine rings is 2. The van der Waals surface area contributed by atoms with E-state index in [0.29, 0.717) is 22.0 Å². The summed E-state index contributed by atoms with van der Waals surface area (Å²) in [5.74, 6) is 1.10. The lowest BCUT2D eigenvalue weighted by Crippen LogP contribution is -2.26. The van der Waals surface area contributed by atoms with E-state index in [1.807, 2.05) is 39.0 Å². The molecule has 0 aliphatic carbocycles. The first-order valence-electron chi connectivity index (χ1n) is 8.52. The summed E-state index contributed by atoms with van der Waals surface area (Å²) < 4.78 is 31.8. The van der Waals surface area contributed by atoms with E-state index < -0.39 is 14.5 Å². The number of hydrogen-bond donors (Lipinski definition) is 1. The molecule has 1 aromatic carbocycles. The number of hydrogen-bond acceptors (Lipinski definition) is 6. The van der Waals surface area contributed by atoms with Crippen molar-refractivity contribution in [1.29, 1.82) is 4.78 Å². The molecular weight excluding hydrogens is 362 g/mol.